The standard InChI is InChI=1S/C24H16F3N3O4/c25-24(26,27)20-12-17(29-23(32)16-9-11-33-14-16)5-8-21(20)30-22(31)15-3-6-18(7-4-15)34-19-2-1-10-28-13-19/h1-14H,(H,29,32)(H,30,31). The fourth-order valence-corrected chi connectivity index (χ4v) is 2.97. The van der Waals surface area contributed by atoms with Crippen LogP contribution >= 0.6 is 0 Å². The number of halogens is 3. The summed E-state index contributed by atoms with van der Waals surface area (Å²) in [6, 6.07) is 13.7. The fourth-order valence-electron chi connectivity index (χ4n) is 2.97. The van der Waals surface area contributed by atoms with Crippen LogP contribution in [0.3, 0.4) is 0 Å². The molecule has 7 nitrogen and oxygen atoms in total. The summed E-state index contributed by atoms with van der Waals surface area (Å²) in [5.74, 6) is -0.450. The molecular weight excluding hydrogens is 451 g/mol. The van der Waals surface area contributed by atoms with E-state index in [1.807, 2.05) is 0 Å². The minimum Gasteiger partial charge on any atom is -0.472 e. The van der Waals surface area contributed by atoms with Crippen LogP contribution in [0.25, 0.3) is 0 Å². The normalized spacial score (nSPS) is 11.0. The highest BCUT2D eigenvalue weighted by molar-refractivity contribution is 6.06. The van der Waals surface area contributed by atoms with Gasteiger partial charge in [0.25, 0.3) is 11.8 Å². The number of pyridine rings is 1. The number of carbonyl (C=O) groups excluding carboxylic acids is 2. The molecule has 4 aromatic rings. The first-order chi connectivity index (χ1) is 16.3. The highest BCUT2D eigenvalue weighted by Gasteiger charge is 2.34. The molecule has 34 heavy (non-hydrogen) atoms. The quantitative estimate of drug-likeness (QED) is 0.363. The summed E-state index contributed by atoms with van der Waals surface area (Å²) < 4.78 is 51.3. The summed E-state index contributed by atoms with van der Waals surface area (Å²) in [4.78, 5) is 28.6. The Morgan fingerprint density at radius 2 is 1.65 bits per heavy atom. The number of hydrogen-bond acceptors (Lipinski definition) is 5. The molecule has 0 aliphatic rings. The molecule has 10 heteroatoms. The van der Waals surface area contributed by atoms with E-state index in [9.17, 15) is 22.8 Å². The molecule has 2 heterocycles. The average molecular weight is 467 g/mol. The molecule has 4 rings (SSSR count). The van der Waals surface area contributed by atoms with Crippen molar-refractivity contribution in [3.05, 3.63) is 102 Å². The van der Waals surface area contributed by atoms with Crippen LogP contribution in [-0.4, -0.2) is 16.8 Å². The maximum absolute atomic E-state index is 13.7. The first-order valence-corrected chi connectivity index (χ1v) is 9.84. The third kappa shape index (κ3) is 5.41. The Morgan fingerprint density at radius 1 is 0.882 bits per heavy atom. The Morgan fingerprint density at radius 3 is 2.29 bits per heavy atom. The first kappa shape index (κ1) is 22.6. The highest BCUT2D eigenvalue weighted by Crippen LogP contribution is 2.37. The molecule has 0 aliphatic heterocycles. The molecule has 0 atom stereocenters. The van der Waals surface area contributed by atoms with Gasteiger partial charge >= 0.3 is 6.18 Å². The second-order valence-electron chi connectivity index (χ2n) is 6.99. The van der Waals surface area contributed by atoms with Crippen LogP contribution in [-0.2, 0) is 6.18 Å². The van der Waals surface area contributed by atoms with E-state index >= 15 is 0 Å². The Balaban J connectivity index is 1.49. The van der Waals surface area contributed by atoms with E-state index in [4.69, 9.17) is 9.15 Å². The summed E-state index contributed by atoms with van der Waals surface area (Å²) in [5.41, 5.74) is -1.36. The number of nitrogens with zero attached hydrogens (tertiary/aromatic N) is 1. The monoisotopic (exact) mass is 467 g/mol. The summed E-state index contributed by atoms with van der Waals surface area (Å²) in [7, 11) is 0. The topological polar surface area (TPSA) is 93.5 Å². The zero-order valence-corrected chi connectivity index (χ0v) is 17.3. The Labute approximate surface area is 191 Å². The molecule has 0 saturated carbocycles. The largest absolute Gasteiger partial charge is 0.472 e. The lowest BCUT2D eigenvalue weighted by molar-refractivity contribution is -0.136. The van der Waals surface area contributed by atoms with E-state index in [1.165, 1.54) is 55.1 Å². The Hall–Kier alpha value is -4.60. The van der Waals surface area contributed by atoms with Crippen molar-refractivity contribution in [1.82, 2.24) is 4.98 Å². The number of furan rings is 1. The second kappa shape index (κ2) is 9.49. The van der Waals surface area contributed by atoms with Crippen LogP contribution in [0.1, 0.15) is 26.3 Å². The molecule has 2 N–H and O–H groups in total. The fraction of sp³-hybridized carbons (Fsp3) is 0.0417. The van der Waals surface area contributed by atoms with Crippen molar-refractivity contribution in [2.45, 2.75) is 6.18 Å². The lowest BCUT2D eigenvalue weighted by Crippen LogP contribution is -2.18. The van der Waals surface area contributed by atoms with Crippen molar-refractivity contribution in [1.29, 1.82) is 0 Å². The molecule has 0 bridgehead atoms. The van der Waals surface area contributed by atoms with E-state index in [-0.39, 0.29) is 16.8 Å². The molecule has 0 unspecified atom stereocenters. The summed E-state index contributed by atoms with van der Waals surface area (Å²) in [6.07, 6.45) is 0.768. The Bertz CT molecular complexity index is 1290. The van der Waals surface area contributed by atoms with Crippen molar-refractivity contribution in [3.8, 4) is 11.5 Å². The summed E-state index contributed by atoms with van der Waals surface area (Å²) >= 11 is 0. The van der Waals surface area contributed by atoms with Crippen LogP contribution in [0.4, 0.5) is 24.5 Å². The van der Waals surface area contributed by atoms with E-state index in [2.05, 4.69) is 15.6 Å². The third-order valence-electron chi connectivity index (χ3n) is 4.60. The van der Waals surface area contributed by atoms with Gasteiger partial charge in [0.15, 0.2) is 0 Å². The van der Waals surface area contributed by atoms with Gasteiger partial charge in [0.05, 0.1) is 29.3 Å². The van der Waals surface area contributed by atoms with Crippen LogP contribution < -0.4 is 15.4 Å². The van der Waals surface area contributed by atoms with Gasteiger partial charge in [-0.3, -0.25) is 14.6 Å². The maximum atomic E-state index is 13.7. The molecule has 2 aromatic carbocycles. The van der Waals surface area contributed by atoms with E-state index in [0.717, 1.165) is 12.1 Å². The summed E-state index contributed by atoms with van der Waals surface area (Å²) in [5, 5.41) is 4.64. The number of carbonyl (C=O) groups is 2. The maximum Gasteiger partial charge on any atom is 0.418 e. The van der Waals surface area contributed by atoms with Gasteiger partial charge in [0.2, 0.25) is 0 Å². The average Bonchev–Trinajstić information content (AvgIpc) is 3.36. The lowest BCUT2D eigenvalue weighted by atomic mass is 10.1. The van der Waals surface area contributed by atoms with Gasteiger partial charge in [0.1, 0.15) is 17.8 Å². The minimum atomic E-state index is -4.78. The molecule has 2 aromatic heterocycles. The van der Waals surface area contributed by atoms with E-state index in [0.29, 0.717) is 11.5 Å². The number of hydrogen-bond donors (Lipinski definition) is 2. The van der Waals surface area contributed by atoms with Gasteiger partial charge < -0.3 is 19.8 Å². The zero-order valence-electron chi connectivity index (χ0n) is 17.3. The van der Waals surface area contributed by atoms with Crippen LogP contribution in [0.2, 0.25) is 0 Å². The number of nitrogens with one attached hydrogen (secondary N) is 2. The number of benzene rings is 2. The van der Waals surface area contributed by atoms with Gasteiger partial charge in [-0.15, -0.1) is 0 Å². The number of aromatic nitrogens is 1. The highest BCUT2D eigenvalue weighted by atomic mass is 19.4. The second-order valence-corrected chi connectivity index (χ2v) is 6.99. The molecule has 0 fully saturated rings. The number of amides is 2. The van der Waals surface area contributed by atoms with Gasteiger partial charge in [0, 0.05) is 17.4 Å². The number of alkyl halides is 3. The van der Waals surface area contributed by atoms with Crippen molar-refractivity contribution in [3.63, 3.8) is 0 Å². The number of rotatable bonds is 6. The van der Waals surface area contributed by atoms with Crippen molar-refractivity contribution in [2.24, 2.45) is 0 Å². The third-order valence-corrected chi connectivity index (χ3v) is 4.60. The van der Waals surface area contributed by atoms with Gasteiger partial charge in [-0.25, -0.2) is 0 Å². The smallest absolute Gasteiger partial charge is 0.418 e. The predicted octanol–water partition coefficient (Wildman–Crippen LogP) is 5.99. The molecule has 0 radical (unpaired) electrons. The number of anilines is 2. The minimum absolute atomic E-state index is 0.0894. The van der Waals surface area contributed by atoms with Crippen LogP contribution in [0.15, 0.2) is 90.0 Å². The molecular formula is C24H16F3N3O4. The molecule has 172 valence electrons. The van der Waals surface area contributed by atoms with Crippen molar-refractivity contribution in [2.75, 3.05) is 10.6 Å². The Kier molecular flexibility index (Phi) is 6.30. The van der Waals surface area contributed by atoms with Crippen LogP contribution in [0.5, 0.6) is 11.5 Å². The van der Waals surface area contributed by atoms with Gasteiger partial charge in [-0.1, -0.05) is 0 Å². The van der Waals surface area contributed by atoms with Crippen LogP contribution in [0, 0.1) is 0 Å². The molecule has 0 spiro atoms. The van der Waals surface area contributed by atoms with Gasteiger partial charge in [-0.05, 0) is 60.7 Å². The zero-order chi connectivity index (χ0) is 24.1. The lowest BCUT2D eigenvalue weighted by Gasteiger charge is -2.16. The van der Waals surface area contributed by atoms with Gasteiger partial charge in [-0.2, -0.15) is 13.2 Å². The molecule has 0 aliphatic carbocycles. The van der Waals surface area contributed by atoms with E-state index < -0.39 is 29.2 Å². The summed E-state index contributed by atoms with van der Waals surface area (Å²) in [6.45, 7) is 0. The first-order valence-electron chi connectivity index (χ1n) is 9.84. The number of ether oxygens (including phenoxy) is 1. The predicted molar refractivity (Wildman–Crippen MR) is 117 cm³/mol. The SMILES string of the molecule is O=C(Nc1ccc(NC(=O)c2ccc(Oc3cccnc3)cc2)c(C(F)(F)F)c1)c1ccoc1. The van der Waals surface area contributed by atoms with Crippen molar-refractivity contribution < 1.29 is 31.9 Å². The van der Waals surface area contributed by atoms with Crippen molar-refractivity contribution >= 4 is 23.2 Å². The molecule has 2 amide bonds. The van der Waals surface area contributed by atoms with E-state index in [1.54, 1.807) is 18.3 Å². The molecule has 0 saturated heterocycles.